The first-order chi connectivity index (χ1) is 18.5. The Hall–Kier alpha value is -3.84. The van der Waals surface area contributed by atoms with Crippen LogP contribution in [0.5, 0.6) is 0 Å². The van der Waals surface area contributed by atoms with Crippen LogP contribution in [0, 0.1) is 11.3 Å². The standard InChI is InChI=1S/C29H37N7O3/c1-27(2,3)39-26(38)35-17-12-29(10-14-30,13-18-35)36-22-9-15-32-25(37)23(22)24(34-36)33-21-7-5-20(6-8-21)28(4)11-16-31-19-28/h5-9,15,31H,10-13,16-19H2,1-4H3,(H,32,37)(H,33,34). The summed E-state index contributed by atoms with van der Waals surface area (Å²) in [5.74, 6) is 0.445. The molecule has 0 aliphatic carbocycles. The predicted octanol–water partition coefficient (Wildman–Crippen LogP) is 4.36. The number of nitrogens with zero attached hydrogens (tertiary/aromatic N) is 4. The van der Waals surface area contributed by atoms with E-state index in [0.717, 1.165) is 25.2 Å². The van der Waals surface area contributed by atoms with Crippen molar-refractivity contribution in [1.29, 1.82) is 5.26 Å². The number of hydrogen-bond acceptors (Lipinski definition) is 7. The Morgan fingerprint density at radius 1 is 1.18 bits per heavy atom. The van der Waals surface area contributed by atoms with Crippen molar-refractivity contribution >= 4 is 28.5 Å². The molecule has 1 amide bonds. The molecule has 10 nitrogen and oxygen atoms in total. The van der Waals surface area contributed by atoms with Gasteiger partial charge in [-0.1, -0.05) is 19.1 Å². The van der Waals surface area contributed by atoms with Crippen molar-refractivity contribution in [3.8, 4) is 6.07 Å². The number of nitriles is 1. The predicted molar refractivity (Wildman–Crippen MR) is 150 cm³/mol. The molecule has 1 unspecified atom stereocenters. The molecule has 0 radical (unpaired) electrons. The Bertz CT molecular complexity index is 1450. The van der Waals surface area contributed by atoms with E-state index >= 15 is 0 Å². The van der Waals surface area contributed by atoms with Gasteiger partial charge in [-0.15, -0.1) is 0 Å². The van der Waals surface area contributed by atoms with Gasteiger partial charge in [-0.25, -0.2) is 4.79 Å². The minimum Gasteiger partial charge on any atom is -0.444 e. The van der Waals surface area contributed by atoms with E-state index in [4.69, 9.17) is 9.84 Å². The maximum Gasteiger partial charge on any atom is 0.410 e. The van der Waals surface area contributed by atoms with Crippen molar-refractivity contribution in [2.45, 2.75) is 69.9 Å². The number of hydrogen-bond donors (Lipinski definition) is 3. The average Bonchev–Trinajstić information content (AvgIpc) is 3.50. The van der Waals surface area contributed by atoms with E-state index in [1.807, 2.05) is 43.7 Å². The van der Waals surface area contributed by atoms with Gasteiger partial charge in [-0.05, 0) is 70.3 Å². The Balaban J connectivity index is 1.45. The highest BCUT2D eigenvalue weighted by atomic mass is 16.6. The third kappa shape index (κ3) is 5.23. The van der Waals surface area contributed by atoms with E-state index in [2.05, 4.69) is 40.7 Å². The number of benzene rings is 1. The van der Waals surface area contributed by atoms with E-state index in [1.54, 1.807) is 11.1 Å². The zero-order valence-electron chi connectivity index (χ0n) is 23.1. The molecule has 2 aliphatic heterocycles. The molecule has 1 atom stereocenters. The van der Waals surface area contributed by atoms with E-state index < -0.39 is 11.1 Å². The summed E-state index contributed by atoms with van der Waals surface area (Å²) in [5.41, 5.74) is 1.38. The van der Waals surface area contributed by atoms with Gasteiger partial charge in [0.1, 0.15) is 11.0 Å². The number of fused-ring (bicyclic) bond motifs is 1. The fourth-order valence-electron chi connectivity index (χ4n) is 5.73. The highest BCUT2D eigenvalue weighted by Gasteiger charge is 2.41. The maximum absolute atomic E-state index is 13.0. The van der Waals surface area contributed by atoms with Crippen LogP contribution in [0.3, 0.4) is 0 Å². The lowest BCUT2D eigenvalue weighted by Crippen LogP contribution is -2.49. The minimum absolute atomic E-state index is 0.113. The molecule has 0 spiro atoms. The number of rotatable bonds is 5. The third-order valence-corrected chi connectivity index (χ3v) is 8.02. The Kier molecular flexibility index (Phi) is 6.89. The first-order valence-corrected chi connectivity index (χ1v) is 13.6. The van der Waals surface area contributed by atoms with Gasteiger partial charge >= 0.3 is 6.09 Å². The second-order valence-corrected chi connectivity index (χ2v) is 12.0. The quantitative estimate of drug-likeness (QED) is 0.446. The molecule has 5 rings (SSSR count). The topological polar surface area (TPSA) is 128 Å². The molecule has 3 N–H and O–H groups in total. The van der Waals surface area contributed by atoms with Gasteiger partial charge in [0.25, 0.3) is 5.56 Å². The molecule has 2 saturated heterocycles. The minimum atomic E-state index is -0.660. The molecule has 3 aromatic rings. The normalized spacial score (nSPS) is 21.1. The summed E-state index contributed by atoms with van der Waals surface area (Å²) in [5, 5.41) is 21.9. The summed E-state index contributed by atoms with van der Waals surface area (Å²) in [6, 6.07) is 12.4. The molecule has 10 heteroatoms. The van der Waals surface area contributed by atoms with Crippen LogP contribution in [-0.2, 0) is 15.7 Å². The average molecular weight is 532 g/mol. The first kappa shape index (κ1) is 26.8. The van der Waals surface area contributed by atoms with E-state index in [0.29, 0.717) is 42.7 Å². The van der Waals surface area contributed by atoms with Crippen molar-refractivity contribution in [3.05, 3.63) is 52.4 Å². The van der Waals surface area contributed by atoms with Crippen LogP contribution in [0.4, 0.5) is 16.3 Å². The number of aromatic nitrogens is 3. The molecule has 206 valence electrons. The Labute approximate surface area is 228 Å². The summed E-state index contributed by atoms with van der Waals surface area (Å²) in [6.45, 7) is 10.6. The molecule has 2 aromatic heterocycles. The van der Waals surface area contributed by atoms with Crippen molar-refractivity contribution < 1.29 is 9.53 Å². The smallest absolute Gasteiger partial charge is 0.410 e. The van der Waals surface area contributed by atoms with Crippen LogP contribution in [0.25, 0.3) is 10.9 Å². The molecule has 1 aromatic carbocycles. The Morgan fingerprint density at radius 2 is 1.90 bits per heavy atom. The number of piperidine rings is 1. The van der Waals surface area contributed by atoms with Gasteiger partial charge in [-0.3, -0.25) is 9.48 Å². The fourth-order valence-corrected chi connectivity index (χ4v) is 5.73. The second kappa shape index (κ2) is 10.0. The molecule has 4 heterocycles. The number of amides is 1. The second-order valence-electron chi connectivity index (χ2n) is 12.0. The number of aromatic amines is 1. The fraction of sp³-hybridized carbons (Fsp3) is 0.517. The molecule has 0 saturated carbocycles. The summed E-state index contributed by atoms with van der Waals surface area (Å²) in [4.78, 5) is 30.1. The molecule has 39 heavy (non-hydrogen) atoms. The number of H-pyrrole nitrogens is 1. The molecule has 0 bridgehead atoms. The van der Waals surface area contributed by atoms with Gasteiger partial charge in [0.15, 0.2) is 5.82 Å². The van der Waals surface area contributed by atoms with Gasteiger partial charge < -0.3 is 25.3 Å². The largest absolute Gasteiger partial charge is 0.444 e. The van der Waals surface area contributed by atoms with Crippen LogP contribution in [0.1, 0.15) is 58.9 Å². The zero-order chi connectivity index (χ0) is 27.8. The number of likely N-dealkylation sites (tertiary alicyclic amines) is 1. The van der Waals surface area contributed by atoms with Gasteiger partial charge in [0.05, 0.1) is 23.5 Å². The van der Waals surface area contributed by atoms with E-state index in [1.165, 1.54) is 5.56 Å². The van der Waals surface area contributed by atoms with Crippen LogP contribution >= 0.6 is 0 Å². The van der Waals surface area contributed by atoms with Crippen LogP contribution in [0.2, 0.25) is 0 Å². The highest BCUT2D eigenvalue weighted by molar-refractivity contribution is 5.91. The molecule has 2 fully saturated rings. The third-order valence-electron chi connectivity index (χ3n) is 8.02. The monoisotopic (exact) mass is 531 g/mol. The lowest BCUT2D eigenvalue weighted by Gasteiger charge is -2.41. The summed E-state index contributed by atoms with van der Waals surface area (Å²) in [6.07, 6.45) is 3.58. The van der Waals surface area contributed by atoms with Crippen molar-refractivity contribution in [2.24, 2.45) is 0 Å². The van der Waals surface area contributed by atoms with Crippen molar-refractivity contribution in [2.75, 3.05) is 31.5 Å². The summed E-state index contributed by atoms with van der Waals surface area (Å²) >= 11 is 0. The van der Waals surface area contributed by atoms with Crippen molar-refractivity contribution in [1.82, 2.24) is 25.0 Å². The molecular weight excluding hydrogens is 494 g/mol. The van der Waals surface area contributed by atoms with Crippen LogP contribution in [-0.4, -0.2) is 57.5 Å². The highest BCUT2D eigenvalue weighted by Crippen LogP contribution is 2.38. The molecular formula is C29H37N7O3. The number of carbonyl (C=O) groups excluding carboxylic acids is 1. The van der Waals surface area contributed by atoms with Gasteiger partial charge in [0, 0.05) is 36.9 Å². The number of pyridine rings is 1. The number of ether oxygens (including phenoxy) is 1. The number of nitrogens with one attached hydrogen (secondary N) is 3. The zero-order valence-corrected chi connectivity index (χ0v) is 23.1. The SMILES string of the molecule is CC(C)(C)OC(=O)N1CCC(CC#N)(n2nc(Nc3ccc(C4(C)CCNC4)cc3)c3c(=O)[nH]ccc32)CC1. The van der Waals surface area contributed by atoms with E-state index in [-0.39, 0.29) is 23.5 Å². The maximum atomic E-state index is 13.0. The van der Waals surface area contributed by atoms with Crippen LogP contribution in [0.15, 0.2) is 41.3 Å². The summed E-state index contributed by atoms with van der Waals surface area (Å²) < 4.78 is 7.38. The number of carbonyl (C=O) groups is 1. The van der Waals surface area contributed by atoms with Gasteiger partial charge in [0.2, 0.25) is 0 Å². The lowest BCUT2D eigenvalue weighted by molar-refractivity contribution is 0.0110. The summed E-state index contributed by atoms with van der Waals surface area (Å²) in [7, 11) is 0. The lowest BCUT2D eigenvalue weighted by atomic mass is 9.82. The Morgan fingerprint density at radius 3 is 2.51 bits per heavy atom. The van der Waals surface area contributed by atoms with Crippen LogP contribution < -0.4 is 16.2 Å². The van der Waals surface area contributed by atoms with E-state index in [9.17, 15) is 14.9 Å². The number of anilines is 2. The van der Waals surface area contributed by atoms with Gasteiger partial charge in [-0.2, -0.15) is 10.4 Å². The molecule has 2 aliphatic rings. The van der Waals surface area contributed by atoms with Crippen molar-refractivity contribution in [3.63, 3.8) is 0 Å². The first-order valence-electron chi connectivity index (χ1n) is 13.6.